The summed E-state index contributed by atoms with van der Waals surface area (Å²) < 4.78 is 28.3. The molecule has 1 amide bonds. The third-order valence-corrected chi connectivity index (χ3v) is 4.05. The molecule has 2 rings (SSSR count). The summed E-state index contributed by atoms with van der Waals surface area (Å²) in [7, 11) is 0. The Kier molecular flexibility index (Phi) is 7.16. The maximum atomic E-state index is 14.4. The second-order valence-electron chi connectivity index (χ2n) is 5.20. The highest BCUT2D eigenvalue weighted by atomic mass is 35.5. The Morgan fingerprint density at radius 3 is 2.54 bits per heavy atom. The van der Waals surface area contributed by atoms with Gasteiger partial charge < -0.3 is 10.4 Å². The Labute approximate surface area is 158 Å². The first-order chi connectivity index (χ1) is 12.4. The molecular weight excluding hydrogens is 389 g/mol. The molecule has 0 aromatic heterocycles. The molecule has 0 atom stereocenters. The molecule has 5 nitrogen and oxygen atoms in total. The molecule has 3 N–H and O–H groups in total. The minimum absolute atomic E-state index is 0.170. The van der Waals surface area contributed by atoms with Crippen LogP contribution in [0.15, 0.2) is 24.3 Å². The van der Waals surface area contributed by atoms with Crippen molar-refractivity contribution in [2.24, 2.45) is 0 Å². The number of aliphatic hydroxyl groups excluding tert-OH is 1. The zero-order chi connectivity index (χ0) is 19.3. The first-order valence-corrected chi connectivity index (χ1v) is 8.40. The van der Waals surface area contributed by atoms with Crippen LogP contribution in [0.2, 0.25) is 10.0 Å². The standard InChI is InChI=1S/C17H16Cl2F2N2O3/c1-2-9-3-4-13(11(18)7-9)22-16-10(17(25)23-26-6-5-24)8-12(19)14(20)15(16)21/h3-4,7-8,22,24H,2,5-6H2,1H3,(H,23,25). The molecule has 0 saturated carbocycles. The molecule has 0 radical (unpaired) electrons. The summed E-state index contributed by atoms with van der Waals surface area (Å²) in [6.45, 7) is 1.45. The highest BCUT2D eigenvalue weighted by Gasteiger charge is 2.23. The molecule has 0 saturated heterocycles. The molecule has 26 heavy (non-hydrogen) atoms. The van der Waals surface area contributed by atoms with Gasteiger partial charge in [0.15, 0.2) is 11.6 Å². The second-order valence-corrected chi connectivity index (χ2v) is 6.02. The summed E-state index contributed by atoms with van der Waals surface area (Å²) in [5.74, 6) is -3.51. The summed E-state index contributed by atoms with van der Waals surface area (Å²) in [6.07, 6.45) is 0.750. The average Bonchev–Trinajstić information content (AvgIpc) is 2.63. The molecule has 140 valence electrons. The smallest absolute Gasteiger partial charge is 0.277 e. The fourth-order valence-electron chi connectivity index (χ4n) is 2.13. The number of benzene rings is 2. The fraction of sp³-hybridized carbons (Fsp3) is 0.235. The summed E-state index contributed by atoms with van der Waals surface area (Å²) in [5, 5.41) is 11.0. The number of carbonyl (C=O) groups is 1. The number of rotatable bonds is 7. The molecule has 0 aliphatic carbocycles. The average molecular weight is 405 g/mol. The lowest BCUT2D eigenvalue weighted by atomic mass is 10.1. The van der Waals surface area contributed by atoms with E-state index in [1.54, 1.807) is 18.2 Å². The van der Waals surface area contributed by atoms with Gasteiger partial charge >= 0.3 is 0 Å². The van der Waals surface area contributed by atoms with Gasteiger partial charge in [0.25, 0.3) is 5.91 Å². The Morgan fingerprint density at radius 2 is 1.92 bits per heavy atom. The number of carbonyl (C=O) groups excluding carboxylic acids is 1. The lowest BCUT2D eigenvalue weighted by Crippen LogP contribution is -2.26. The minimum atomic E-state index is -1.33. The second kappa shape index (κ2) is 9.14. The van der Waals surface area contributed by atoms with Crippen molar-refractivity contribution in [3.63, 3.8) is 0 Å². The topological polar surface area (TPSA) is 70.6 Å². The molecule has 0 unspecified atom stereocenters. The van der Waals surface area contributed by atoms with Crippen LogP contribution in [0.25, 0.3) is 0 Å². The Hall–Kier alpha value is -1.93. The van der Waals surface area contributed by atoms with Crippen LogP contribution in [0, 0.1) is 11.6 Å². The van der Waals surface area contributed by atoms with Crippen molar-refractivity contribution in [1.29, 1.82) is 0 Å². The third-order valence-electron chi connectivity index (χ3n) is 3.47. The Bertz CT molecular complexity index is 819. The lowest BCUT2D eigenvalue weighted by Gasteiger charge is -2.16. The Balaban J connectivity index is 2.42. The number of aryl methyl sites for hydroxylation is 1. The van der Waals surface area contributed by atoms with Gasteiger partial charge in [-0.3, -0.25) is 9.63 Å². The molecule has 2 aromatic carbocycles. The van der Waals surface area contributed by atoms with Crippen LogP contribution >= 0.6 is 23.2 Å². The maximum absolute atomic E-state index is 14.4. The van der Waals surface area contributed by atoms with Crippen molar-refractivity contribution in [1.82, 2.24) is 5.48 Å². The molecule has 0 aliphatic heterocycles. The number of hydrogen-bond acceptors (Lipinski definition) is 4. The third kappa shape index (κ3) is 4.62. The SMILES string of the molecule is CCc1ccc(Nc2c(C(=O)NOCCO)cc(Cl)c(F)c2F)c(Cl)c1. The zero-order valence-electron chi connectivity index (χ0n) is 13.7. The van der Waals surface area contributed by atoms with Crippen molar-refractivity contribution in [3.8, 4) is 0 Å². The predicted molar refractivity (Wildman–Crippen MR) is 96.0 cm³/mol. The molecule has 0 fully saturated rings. The number of hydroxylamine groups is 1. The van der Waals surface area contributed by atoms with Gasteiger partial charge in [0, 0.05) is 0 Å². The van der Waals surface area contributed by atoms with E-state index in [9.17, 15) is 13.6 Å². The van der Waals surface area contributed by atoms with E-state index < -0.39 is 28.3 Å². The van der Waals surface area contributed by atoms with Crippen molar-refractivity contribution in [3.05, 3.63) is 57.1 Å². The van der Waals surface area contributed by atoms with Crippen molar-refractivity contribution < 1.29 is 23.5 Å². The lowest BCUT2D eigenvalue weighted by molar-refractivity contribution is 0.0168. The number of nitrogens with one attached hydrogen (secondary N) is 2. The van der Waals surface area contributed by atoms with Gasteiger partial charge in [-0.25, -0.2) is 14.3 Å². The van der Waals surface area contributed by atoms with Gasteiger partial charge in [0.1, 0.15) is 0 Å². The van der Waals surface area contributed by atoms with Gasteiger partial charge in [0.2, 0.25) is 0 Å². The first kappa shape index (κ1) is 20.4. The van der Waals surface area contributed by atoms with Crippen LogP contribution in [0.4, 0.5) is 20.2 Å². The van der Waals surface area contributed by atoms with Gasteiger partial charge in [-0.15, -0.1) is 0 Å². The van der Waals surface area contributed by atoms with E-state index in [2.05, 4.69) is 5.32 Å². The summed E-state index contributed by atoms with van der Waals surface area (Å²) >= 11 is 11.8. The maximum Gasteiger partial charge on any atom is 0.277 e. The van der Waals surface area contributed by atoms with Crippen LogP contribution < -0.4 is 10.8 Å². The van der Waals surface area contributed by atoms with Gasteiger partial charge in [-0.1, -0.05) is 36.2 Å². The largest absolute Gasteiger partial charge is 0.394 e. The normalized spacial score (nSPS) is 10.7. The summed E-state index contributed by atoms with van der Waals surface area (Å²) in [4.78, 5) is 16.9. The molecule has 9 heteroatoms. The van der Waals surface area contributed by atoms with Crippen molar-refractivity contribution in [2.45, 2.75) is 13.3 Å². The van der Waals surface area contributed by atoms with E-state index in [4.69, 9.17) is 33.1 Å². The molecule has 2 aromatic rings. The van der Waals surface area contributed by atoms with E-state index in [0.717, 1.165) is 18.1 Å². The van der Waals surface area contributed by atoms with Crippen molar-refractivity contribution >= 4 is 40.5 Å². The molecule has 0 spiro atoms. The fourth-order valence-corrected chi connectivity index (χ4v) is 2.57. The van der Waals surface area contributed by atoms with E-state index in [1.165, 1.54) is 0 Å². The Morgan fingerprint density at radius 1 is 1.19 bits per heavy atom. The molecule has 0 bridgehead atoms. The van der Waals surface area contributed by atoms with E-state index in [0.29, 0.717) is 0 Å². The van der Waals surface area contributed by atoms with E-state index in [1.807, 2.05) is 12.4 Å². The van der Waals surface area contributed by atoms with Crippen LogP contribution in [-0.4, -0.2) is 24.2 Å². The number of anilines is 2. The molecule has 0 heterocycles. The monoisotopic (exact) mass is 404 g/mol. The predicted octanol–water partition coefficient (Wildman–Crippen LogP) is 4.23. The minimum Gasteiger partial charge on any atom is -0.394 e. The van der Waals surface area contributed by atoms with Gasteiger partial charge in [-0.2, -0.15) is 0 Å². The zero-order valence-corrected chi connectivity index (χ0v) is 15.2. The highest BCUT2D eigenvalue weighted by molar-refractivity contribution is 6.33. The quantitative estimate of drug-likeness (QED) is 0.366. The van der Waals surface area contributed by atoms with Crippen LogP contribution in [-0.2, 0) is 11.3 Å². The van der Waals surface area contributed by atoms with E-state index in [-0.39, 0.29) is 29.5 Å². The number of halogens is 4. The van der Waals surface area contributed by atoms with Crippen LogP contribution in [0.1, 0.15) is 22.8 Å². The highest BCUT2D eigenvalue weighted by Crippen LogP contribution is 2.33. The van der Waals surface area contributed by atoms with Gasteiger partial charge in [-0.05, 0) is 30.2 Å². The number of aliphatic hydroxyl groups is 1. The van der Waals surface area contributed by atoms with E-state index >= 15 is 0 Å². The number of amides is 1. The van der Waals surface area contributed by atoms with Gasteiger partial charge in [0.05, 0.1) is 40.2 Å². The van der Waals surface area contributed by atoms with Crippen LogP contribution in [0.3, 0.4) is 0 Å². The molecule has 0 aliphatic rings. The summed E-state index contributed by atoms with van der Waals surface area (Å²) in [5.41, 5.74) is 2.53. The summed E-state index contributed by atoms with van der Waals surface area (Å²) in [6, 6.07) is 6.01. The number of hydrogen-bond donors (Lipinski definition) is 3. The van der Waals surface area contributed by atoms with Crippen LogP contribution in [0.5, 0.6) is 0 Å². The van der Waals surface area contributed by atoms with Crippen molar-refractivity contribution in [2.75, 3.05) is 18.5 Å². The first-order valence-electron chi connectivity index (χ1n) is 7.65. The molecular formula is C17H16Cl2F2N2O3.